The van der Waals surface area contributed by atoms with Crippen LogP contribution in [0, 0.1) is 0 Å². The van der Waals surface area contributed by atoms with Gasteiger partial charge < -0.3 is 20.9 Å². The molecule has 1 saturated heterocycles. The molecule has 0 unspecified atom stereocenters. The molecule has 0 spiro atoms. The number of carbonyl (C=O) groups excluding carboxylic acids is 3. The maximum absolute atomic E-state index is 12.9. The minimum atomic E-state index is -0.727. The Kier molecular flexibility index (Phi) is 9.96. The van der Waals surface area contributed by atoms with Gasteiger partial charge in [-0.15, -0.1) is 0 Å². The van der Waals surface area contributed by atoms with Crippen molar-refractivity contribution < 1.29 is 14.4 Å². The molecule has 0 atom stereocenters. The molecule has 10 nitrogen and oxygen atoms in total. The summed E-state index contributed by atoms with van der Waals surface area (Å²) in [6, 6.07) is 21.4. The van der Waals surface area contributed by atoms with E-state index in [1.54, 1.807) is 11.0 Å². The number of aryl methyl sites for hydroxylation is 1. The van der Waals surface area contributed by atoms with Gasteiger partial charge in [0, 0.05) is 57.8 Å². The Morgan fingerprint density at radius 3 is 2.21 bits per heavy atom. The first-order chi connectivity index (χ1) is 19.0. The van der Waals surface area contributed by atoms with Gasteiger partial charge in [0.25, 0.3) is 0 Å². The molecule has 4 rings (SSSR count). The SMILES string of the molecule is CC(=O)NCCNc1cc(NC(=O)C(=O)N2CCN(CCCc3ccccc3)CC2)nc(-c2ccccc2)n1. The third-order valence-corrected chi connectivity index (χ3v) is 6.44. The zero-order valence-corrected chi connectivity index (χ0v) is 22.2. The predicted molar refractivity (Wildman–Crippen MR) is 151 cm³/mol. The molecule has 0 bridgehead atoms. The lowest BCUT2D eigenvalue weighted by atomic mass is 10.1. The Hall–Kier alpha value is -4.31. The topological polar surface area (TPSA) is 120 Å². The molecule has 10 heteroatoms. The number of benzene rings is 2. The molecule has 0 aliphatic carbocycles. The second kappa shape index (κ2) is 14.0. The largest absolute Gasteiger partial charge is 0.368 e. The predicted octanol–water partition coefficient (Wildman–Crippen LogP) is 2.41. The molecule has 204 valence electrons. The van der Waals surface area contributed by atoms with Crippen molar-refractivity contribution in [3.05, 3.63) is 72.3 Å². The average Bonchev–Trinajstić information content (AvgIpc) is 2.96. The van der Waals surface area contributed by atoms with E-state index in [9.17, 15) is 14.4 Å². The average molecular weight is 530 g/mol. The molecular weight excluding hydrogens is 494 g/mol. The van der Waals surface area contributed by atoms with Crippen molar-refractivity contribution >= 4 is 29.4 Å². The third kappa shape index (κ3) is 8.61. The number of aromatic nitrogens is 2. The van der Waals surface area contributed by atoms with Gasteiger partial charge in [-0.1, -0.05) is 60.7 Å². The van der Waals surface area contributed by atoms with Crippen LogP contribution < -0.4 is 16.0 Å². The lowest BCUT2D eigenvalue weighted by Gasteiger charge is -2.34. The first-order valence-corrected chi connectivity index (χ1v) is 13.3. The van der Waals surface area contributed by atoms with Gasteiger partial charge in [0.15, 0.2) is 5.82 Å². The number of hydrogen-bond donors (Lipinski definition) is 3. The Morgan fingerprint density at radius 2 is 1.51 bits per heavy atom. The smallest absolute Gasteiger partial charge is 0.315 e. The maximum Gasteiger partial charge on any atom is 0.315 e. The Balaban J connectivity index is 1.32. The molecule has 3 amide bonds. The van der Waals surface area contributed by atoms with E-state index < -0.39 is 11.8 Å². The summed E-state index contributed by atoms with van der Waals surface area (Å²) in [5, 5.41) is 8.50. The standard InChI is InChI=1S/C29H35N7O3/c1-22(37)30-14-15-31-25-21-26(33-27(32-25)24-12-6-3-7-13-24)34-28(38)29(39)36-19-17-35(18-20-36)16-8-11-23-9-4-2-5-10-23/h2-7,9-10,12-13,21H,8,11,14-20H2,1H3,(H,30,37)(H2,31,32,33,34,38). The summed E-state index contributed by atoms with van der Waals surface area (Å²) in [5.74, 6) is -0.311. The van der Waals surface area contributed by atoms with Crippen LogP contribution in [0.15, 0.2) is 66.7 Å². The highest BCUT2D eigenvalue weighted by Gasteiger charge is 2.26. The number of anilines is 2. The van der Waals surface area contributed by atoms with Crippen molar-refractivity contribution in [1.82, 2.24) is 25.1 Å². The second-order valence-electron chi connectivity index (χ2n) is 9.41. The van der Waals surface area contributed by atoms with Crippen molar-refractivity contribution in [2.45, 2.75) is 19.8 Å². The maximum atomic E-state index is 12.9. The van der Waals surface area contributed by atoms with Crippen LogP contribution in [-0.2, 0) is 20.8 Å². The van der Waals surface area contributed by atoms with Crippen LogP contribution in [0.4, 0.5) is 11.6 Å². The molecular formula is C29H35N7O3. The first kappa shape index (κ1) is 27.7. The highest BCUT2D eigenvalue weighted by atomic mass is 16.2. The molecule has 1 aromatic heterocycles. The molecule has 0 saturated carbocycles. The van der Waals surface area contributed by atoms with Crippen LogP contribution in [0.1, 0.15) is 18.9 Å². The minimum Gasteiger partial charge on any atom is -0.368 e. The van der Waals surface area contributed by atoms with Crippen LogP contribution in [-0.4, -0.2) is 83.3 Å². The van der Waals surface area contributed by atoms with Gasteiger partial charge in [-0.25, -0.2) is 9.97 Å². The van der Waals surface area contributed by atoms with Crippen molar-refractivity contribution in [3.63, 3.8) is 0 Å². The summed E-state index contributed by atoms with van der Waals surface area (Å²) >= 11 is 0. The van der Waals surface area contributed by atoms with Gasteiger partial charge in [0.2, 0.25) is 5.91 Å². The number of piperazine rings is 1. The number of nitrogens with zero attached hydrogens (tertiary/aromatic N) is 4. The molecule has 3 N–H and O–H groups in total. The minimum absolute atomic E-state index is 0.121. The fourth-order valence-electron chi connectivity index (χ4n) is 4.39. The van der Waals surface area contributed by atoms with E-state index in [0.29, 0.717) is 37.8 Å². The van der Waals surface area contributed by atoms with Gasteiger partial charge in [0.05, 0.1) is 0 Å². The van der Waals surface area contributed by atoms with E-state index in [4.69, 9.17) is 0 Å². The summed E-state index contributed by atoms with van der Waals surface area (Å²) in [5.41, 5.74) is 2.10. The number of amides is 3. The molecule has 39 heavy (non-hydrogen) atoms. The second-order valence-corrected chi connectivity index (χ2v) is 9.41. The van der Waals surface area contributed by atoms with Crippen LogP contribution >= 0.6 is 0 Å². The van der Waals surface area contributed by atoms with Crippen LogP contribution in [0.25, 0.3) is 11.4 Å². The van der Waals surface area contributed by atoms with E-state index in [0.717, 1.165) is 38.0 Å². The van der Waals surface area contributed by atoms with E-state index in [1.165, 1.54) is 12.5 Å². The van der Waals surface area contributed by atoms with Crippen molar-refractivity contribution in [3.8, 4) is 11.4 Å². The van der Waals surface area contributed by atoms with Gasteiger partial charge >= 0.3 is 11.8 Å². The Morgan fingerprint density at radius 1 is 0.846 bits per heavy atom. The first-order valence-electron chi connectivity index (χ1n) is 13.3. The molecule has 2 heterocycles. The highest BCUT2D eigenvalue weighted by molar-refractivity contribution is 6.39. The lowest BCUT2D eigenvalue weighted by Crippen LogP contribution is -2.51. The van der Waals surface area contributed by atoms with Crippen molar-refractivity contribution in [2.75, 3.05) is 56.4 Å². The molecule has 2 aromatic carbocycles. The Labute approximate surface area is 228 Å². The highest BCUT2D eigenvalue weighted by Crippen LogP contribution is 2.20. The zero-order valence-electron chi connectivity index (χ0n) is 22.2. The summed E-state index contributed by atoms with van der Waals surface area (Å²) in [6.45, 7) is 5.76. The van der Waals surface area contributed by atoms with E-state index in [-0.39, 0.29) is 11.7 Å². The van der Waals surface area contributed by atoms with E-state index in [2.05, 4.69) is 55.1 Å². The van der Waals surface area contributed by atoms with Crippen LogP contribution in [0.3, 0.4) is 0 Å². The third-order valence-electron chi connectivity index (χ3n) is 6.44. The van der Waals surface area contributed by atoms with Crippen molar-refractivity contribution in [1.29, 1.82) is 0 Å². The molecule has 1 fully saturated rings. The van der Waals surface area contributed by atoms with Crippen molar-refractivity contribution in [2.24, 2.45) is 0 Å². The van der Waals surface area contributed by atoms with Gasteiger partial charge in [-0.05, 0) is 24.9 Å². The van der Waals surface area contributed by atoms with E-state index in [1.807, 2.05) is 36.4 Å². The molecule has 1 aliphatic heterocycles. The molecule has 1 aliphatic rings. The molecule has 0 radical (unpaired) electrons. The monoisotopic (exact) mass is 529 g/mol. The van der Waals surface area contributed by atoms with Gasteiger partial charge in [0.1, 0.15) is 11.6 Å². The fourth-order valence-corrected chi connectivity index (χ4v) is 4.39. The van der Waals surface area contributed by atoms with Gasteiger partial charge in [-0.3, -0.25) is 19.3 Å². The summed E-state index contributed by atoms with van der Waals surface area (Å²) < 4.78 is 0. The number of rotatable bonds is 10. The summed E-state index contributed by atoms with van der Waals surface area (Å²) in [6.07, 6.45) is 2.08. The lowest BCUT2D eigenvalue weighted by molar-refractivity contribution is -0.144. The van der Waals surface area contributed by atoms with Gasteiger partial charge in [-0.2, -0.15) is 0 Å². The number of nitrogens with one attached hydrogen (secondary N) is 3. The Bertz CT molecular complexity index is 1250. The zero-order chi connectivity index (χ0) is 27.5. The van der Waals surface area contributed by atoms with Crippen LogP contribution in [0.2, 0.25) is 0 Å². The number of carbonyl (C=O) groups is 3. The quantitative estimate of drug-likeness (QED) is 0.273. The fraction of sp³-hybridized carbons (Fsp3) is 0.345. The summed E-state index contributed by atoms with van der Waals surface area (Å²) in [4.78, 5) is 49.8. The normalized spacial score (nSPS) is 13.5. The molecule has 3 aromatic rings. The summed E-state index contributed by atoms with van der Waals surface area (Å²) in [7, 11) is 0. The van der Waals surface area contributed by atoms with Crippen LogP contribution in [0.5, 0.6) is 0 Å². The number of hydrogen-bond acceptors (Lipinski definition) is 7. The van der Waals surface area contributed by atoms with E-state index >= 15 is 0 Å².